The molecule has 1 atom stereocenters. The van der Waals surface area contributed by atoms with Crippen LogP contribution in [0.15, 0.2) is 47.1 Å². The fourth-order valence-electron chi connectivity index (χ4n) is 2.24. The molecule has 0 saturated carbocycles. The van der Waals surface area contributed by atoms with Crippen LogP contribution >= 0.6 is 0 Å². The van der Waals surface area contributed by atoms with Crippen LogP contribution in [-0.4, -0.2) is 29.1 Å². The molecular formula is C18H21NO5. The van der Waals surface area contributed by atoms with E-state index in [1.54, 1.807) is 24.5 Å². The summed E-state index contributed by atoms with van der Waals surface area (Å²) < 4.78 is 10.3. The first-order valence-corrected chi connectivity index (χ1v) is 7.59. The van der Waals surface area contributed by atoms with Gasteiger partial charge in [-0.25, -0.2) is 0 Å². The van der Waals surface area contributed by atoms with E-state index in [-0.39, 0.29) is 6.54 Å². The summed E-state index contributed by atoms with van der Waals surface area (Å²) in [6, 6.07) is 10.9. The highest BCUT2D eigenvalue weighted by atomic mass is 16.6. The van der Waals surface area contributed by atoms with Crippen LogP contribution in [0, 0.1) is 0 Å². The Labute approximate surface area is 140 Å². The molecule has 1 amide bonds. The van der Waals surface area contributed by atoms with E-state index in [4.69, 9.17) is 9.15 Å². The number of nitrogens with one attached hydrogen (secondary N) is 1. The first-order valence-electron chi connectivity index (χ1n) is 7.59. The Hall–Kier alpha value is -2.60. The van der Waals surface area contributed by atoms with Gasteiger partial charge in [0.05, 0.1) is 12.4 Å². The van der Waals surface area contributed by atoms with Gasteiger partial charge in [0.15, 0.2) is 5.60 Å². The van der Waals surface area contributed by atoms with Gasteiger partial charge in [-0.3, -0.25) is 9.59 Å². The Morgan fingerprint density at radius 1 is 1.25 bits per heavy atom. The van der Waals surface area contributed by atoms with Crippen molar-refractivity contribution < 1.29 is 23.8 Å². The number of aliphatic hydroxyl groups is 1. The number of ether oxygens (including phenoxy) is 1. The second kappa shape index (κ2) is 7.31. The Kier molecular flexibility index (Phi) is 5.41. The maximum atomic E-state index is 12.0. The van der Waals surface area contributed by atoms with Crippen molar-refractivity contribution in [1.82, 2.24) is 5.32 Å². The van der Waals surface area contributed by atoms with Gasteiger partial charge in [0.2, 0.25) is 0 Å². The van der Waals surface area contributed by atoms with Crippen molar-refractivity contribution >= 4 is 11.9 Å². The van der Waals surface area contributed by atoms with Crippen molar-refractivity contribution in [3.8, 4) is 11.3 Å². The van der Waals surface area contributed by atoms with Gasteiger partial charge in [-0.15, -0.1) is 0 Å². The number of benzene rings is 1. The van der Waals surface area contributed by atoms with Gasteiger partial charge in [0.25, 0.3) is 5.91 Å². The average Bonchev–Trinajstić information content (AvgIpc) is 3.05. The molecule has 0 radical (unpaired) electrons. The molecule has 24 heavy (non-hydrogen) atoms. The van der Waals surface area contributed by atoms with Gasteiger partial charge < -0.3 is 19.6 Å². The molecule has 128 valence electrons. The molecule has 0 fully saturated rings. The second-order valence-corrected chi connectivity index (χ2v) is 5.93. The molecule has 6 heteroatoms. The van der Waals surface area contributed by atoms with Gasteiger partial charge in [-0.2, -0.15) is 0 Å². The van der Waals surface area contributed by atoms with Crippen molar-refractivity contribution in [2.24, 2.45) is 0 Å². The number of carbonyl (C=O) groups excluding carboxylic acids is 2. The van der Waals surface area contributed by atoms with Gasteiger partial charge in [0, 0.05) is 19.0 Å². The van der Waals surface area contributed by atoms with Crippen LogP contribution in [0.25, 0.3) is 11.3 Å². The molecule has 0 aliphatic carbocycles. The predicted octanol–water partition coefficient (Wildman–Crippen LogP) is 2.44. The van der Waals surface area contributed by atoms with E-state index < -0.39 is 23.6 Å². The minimum absolute atomic E-state index is 0.0175. The van der Waals surface area contributed by atoms with Crippen molar-refractivity contribution in [1.29, 1.82) is 0 Å². The maximum absolute atomic E-state index is 12.0. The highest BCUT2D eigenvalue weighted by molar-refractivity contribution is 5.86. The lowest BCUT2D eigenvalue weighted by Crippen LogP contribution is -2.46. The number of hydrogen-bond donors (Lipinski definition) is 2. The quantitative estimate of drug-likeness (QED) is 0.794. The fraction of sp³-hybridized carbons (Fsp3) is 0.333. The van der Waals surface area contributed by atoms with E-state index in [0.29, 0.717) is 5.56 Å². The standard InChI is InChI=1S/C18H21NO5/c1-12(20)24-18(2,3)17(22)19-11-15(21)13-6-8-14(9-7-13)16-5-4-10-23-16/h4-10,15,21H,11H2,1-3H3,(H,19,22). The number of carbonyl (C=O) groups is 2. The first-order chi connectivity index (χ1) is 11.3. The molecule has 2 N–H and O–H groups in total. The summed E-state index contributed by atoms with van der Waals surface area (Å²) in [6.45, 7) is 4.25. The third-order valence-electron chi connectivity index (χ3n) is 3.50. The minimum atomic E-state index is -1.28. The Morgan fingerprint density at radius 2 is 1.92 bits per heavy atom. The Balaban J connectivity index is 1.94. The number of esters is 1. The van der Waals surface area contributed by atoms with Crippen LogP contribution in [0.2, 0.25) is 0 Å². The molecule has 1 aromatic carbocycles. The molecule has 1 unspecified atom stereocenters. The number of furan rings is 1. The third-order valence-corrected chi connectivity index (χ3v) is 3.50. The Morgan fingerprint density at radius 3 is 2.46 bits per heavy atom. The summed E-state index contributed by atoms with van der Waals surface area (Å²) >= 11 is 0. The van der Waals surface area contributed by atoms with E-state index >= 15 is 0 Å². The van der Waals surface area contributed by atoms with E-state index in [9.17, 15) is 14.7 Å². The zero-order valence-corrected chi connectivity index (χ0v) is 13.9. The van der Waals surface area contributed by atoms with Crippen LogP contribution in [0.1, 0.15) is 32.4 Å². The van der Waals surface area contributed by atoms with E-state index in [1.165, 1.54) is 20.8 Å². The topological polar surface area (TPSA) is 88.8 Å². The molecule has 0 aliphatic rings. The minimum Gasteiger partial charge on any atom is -0.464 e. The zero-order chi connectivity index (χ0) is 17.7. The molecule has 1 heterocycles. The maximum Gasteiger partial charge on any atom is 0.303 e. The average molecular weight is 331 g/mol. The molecule has 0 bridgehead atoms. The van der Waals surface area contributed by atoms with Crippen molar-refractivity contribution in [3.63, 3.8) is 0 Å². The molecule has 6 nitrogen and oxygen atoms in total. The van der Waals surface area contributed by atoms with Crippen LogP contribution in [0.3, 0.4) is 0 Å². The molecule has 2 aromatic rings. The third kappa shape index (κ3) is 4.45. The van der Waals surface area contributed by atoms with Gasteiger partial charge in [-0.05, 0) is 31.5 Å². The Bertz CT molecular complexity index is 689. The SMILES string of the molecule is CC(=O)OC(C)(C)C(=O)NCC(O)c1ccc(-c2ccco2)cc1. The summed E-state index contributed by atoms with van der Waals surface area (Å²) in [6.07, 6.45) is 0.728. The smallest absolute Gasteiger partial charge is 0.303 e. The summed E-state index contributed by atoms with van der Waals surface area (Å²) in [4.78, 5) is 23.0. The predicted molar refractivity (Wildman–Crippen MR) is 88.0 cm³/mol. The van der Waals surface area contributed by atoms with E-state index in [0.717, 1.165) is 11.3 Å². The molecule has 2 rings (SSSR count). The first kappa shape index (κ1) is 17.7. The lowest BCUT2D eigenvalue weighted by Gasteiger charge is -2.24. The lowest BCUT2D eigenvalue weighted by molar-refractivity contribution is -0.163. The molecule has 0 spiro atoms. The van der Waals surface area contributed by atoms with Crippen LogP contribution in [0.5, 0.6) is 0 Å². The largest absolute Gasteiger partial charge is 0.464 e. The number of rotatable bonds is 6. The lowest BCUT2D eigenvalue weighted by atomic mass is 10.0. The number of amides is 1. The number of aliphatic hydroxyl groups excluding tert-OH is 1. The molecule has 0 saturated heterocycles. The van der Waals surface area contributed by atoms with Gasteiger partial charge in [0.1, 0.15) is 5.76 Å². The highest BCUT2D eigenvalue weighted by Crippen LogP contribution is 2.22. The van der Waals surface area contributed by atoms with Crippen molar-refractivity contribution in [2.75, 3.05) is 6.54 Å². The summed E-state index contributed by atoms with van der Waals surface area (Å²) in [7, 11) is 0. The van der Waals surface area contributed by atoms with E-state index in [1.807, 2.05) is 18.2 Å². The molecule has 1 aromatic heterocycles. The fourth-order valence-corrected chi connectivity index (χ4v) is 2.24. The van der Waals surface area contributed by atoms with E-state index in [2.05, 4.69) is 5.32 Å². The van der Waals surface area contributed by atoms with Gasteiger partial charge >= 0.3 is 5.97 Å². The summed E-state index contributed by atoms with van der Waals surface area (Å²) in [5.74, 6) is -0.263. The summed E-state index contributed by atoms with van der Waals surface area (Å²) in [5.41, 5.74) is 0.279. The second-order valence-electron chi connectivity index (χ2n) is 5.93. The molecule has 0 aliphatic heterocycles. The highest BCUT2D eigenvalue weighted by Gasteiger charge is 2.31. The normalized spacial score (nSPS) is 12.5. The number of hydrogen-bond acceptors (Lipinski definition) is 5. The van der Waals surface area contributed by atoms with Crippen molar-refractivity contribution in [2.45, 2.75) is 32.5 Å². The molecular weight excluding hydrogens is 310 g/mol. The van der Waals surface area contributed by atoms with Crippen LogP contribution in [-0.2, 0) is 14.3 Å². The van der Waals surface area contributed by atoms with Crippen molar-refractivity contribution in [3.05, 3.63) is 48.2 Å². The zero-order valence-electron chi connectivity index (χ0n) is 13.9. The summed E-state index contributed by atoms with van der Waals surface area (Å²) in [5, 5.41) is 12.8. The van der Waals surface area contributed by atoms with Gasteiger partial charge in [-0.1, -0.05) is 24.3 Å². The monoisotopic (exact) mass is 331 g/mol. The van der Waals surface area contributed by atoms with Crippen LogP contribution < -0.4 is 5.32 Å². The van der Waals surface area contributed by atoms with Crippen LogP contribution in [0.4, 0.5) is 0 Å².